The van der Waals surface area contributed by atoms with Gasteiger partial charge in [-0.05, 0) is 30.4 Å². The Balaban J connectivity index is 2.07. The number of nitrogens with zero attached hydrogens (tertiary/aromatic N) is 2. The Labute approximate surface area is 136 Å². The molecule has 0 N–H and O–H groups in total. The third-order valence-electron chi connectivity index (χ3n) is 4.06. The van der Waals surface area contributed by atoms with Crippen LogP contribution in [-0.2, 0) is 0 Å². The zero-order valence-corrected chi connectivity index (χ0v) is 13.9. The second-order valence-electron chi connectivity index (χ2n) is 5.33. The van der Waals surface area contributed by atoms with E-state index < -0.39 is 0 Å². The van der Waals surface area contributed by atoms with E-state index in [0.717, 1.165) is 20.9 Å². The van der Waals surface area contributed by atoms with E-state index in [2.05, 4.69) is 34.7 Å². The molecule has 3 aromatic rings. The van der Waals surface area contributed by atoms with Crippen LogP contribution in [0.5, 0.6) is 0 Å². The Bertz CT molecular complexity index is 954. The van der Waals surface area contributed by atoms with Crippen molar-refractivity contribution in [3.05, 3.63) is 68.2 Å². The zero-order valence-electron chi connectivity index (χ0n) is 12.2. The van der Waals surface area contributed by atoms with Crippen molar-refractivity contribution in [1.82, 2.24) is 9.55 Å². The molecular weight excluding hydrogens is 312 g/mol. The summed E-state index contributed by atoms with van der Waals surface area (Å²) in [6.45, 7) is 4.07. The highest BCUT2D eigenvalue weighted by atomic mass is 32.2. The Hall–Kier alpha value is -1.85. The van der Waals surface area contributed by atoms with Crippen molar-refractivity contribution < 1.29 is 0 Å². The first-order valence-corrected chi connectivity index (χ1v) is 8.77. The number of aromatic nitrogens is 2. The van der Waals surface area contributed by atoms with Crippen LogP contribution in [0.4, 0.5) is 0 Å². The molecule has 0 unspecified atom stereocenters. The summed E-state index contributed by atoms with van der Waals surface area (Å²) in [6.07, 6.45) is 2.17. The van der Waals surface area contributed by atoms with Crippen molar-refractivity contribution in [1.29, 1.82) is 0 Å². The van der Waals surface area contributed by atoms with E-state index >= 15 is 0 Å². The Morgan fingerprint density at radius 2 is 1.95 bits per heavy atom. The summed E-state index contributed by atoms with van der Waals surface area (Å²) in [7, 11) is 0. The van der Waals surface area contributed by atoms with Gasteiger partial charge in [-0.15, -0.1) is 11.3 Å². The lowest BCUT2D eigenvalue weighted by atomic mass is 10.1. The SMILES string of the molecule is Cc1sc2c(c1C)c(=O)nc1n2[C@H](c2ccccc2)C=CS1. The van der Waals surface area contributed by atoms with Crippen LogP contribution in [0.25, 0.3) is 10.2 Å². The van der Waals surface area contributed by atoms with Crippen LogP contribution in [-0.4, -0.2) is 9.55 Å². The molecule has 4 rings (SSSR count). The summed E-state index contributed by atoms with van der Waals surface area (Å²) in [4.78, 5) is 18.9. The predicted octanol–water partition coefficient (Wildman–Crippen LogP) is 4.28. The van der Waals surface area contributed by atoms with Gasteiger partial charge in [0.15, 0.2) is 5.16 Å². The fourth-order valence-electron chi connectivity index (χ4n) is 2.81. The van der Waals surface area contributed by atoms with Gasteiger partial charge >= 0.3 is 0 Å². The molecular formula is C17H14N2OS2. The van der Waals surface area contributed by atoms with Crippen LogP contribution in [0.3, 0.4) is 0 Å². The average Bonchev–Trinajstić information content (AvgIpc) is 2.84. The first-order valence-electron chi connectivity index (χ1n) is 7.07. The summed E-state index contributed by atoms with van der Waals surface area (Å²) in [5, 5.41) is 3.57. The third-order valence-corrected chi connectivity index (χ3v) is 6.05. The topological polar surface area (TPSA) is 34.9 Å². The summed E-state index contributed by atoms with van der Waals surface area (Å²) in [5.74, 6) is 0. The standard InChI is InChI=1S/C17H14N2OS2/c1-10-11(2)22-16-14(10)15(20)18-17-19(16)13(8-9-21-17)12-6-4-3-5-7-12/h3-9,13H,1-2H3/t13-/m0/s1. The minimum absolute atomic E-state index is 0.0884. The largest absolute Gasteiger partial charge is 0.300 e. The lowest BCUT2D eigenvalue weighted by Crippen LogP contribution is -2.20. The first-order chi connectivity index (χ1) is 10.7. The van der Waals surface area contributed by atoms with Gasteiger partial charge < -0.3 is 4.57 Å². The number of fused-ring (bicyclic) bond motifs is 3. The van der Waals surface area contributed by atoms with Gasteiger partial charge in [-0.1, -0.05) is 48.2 Å². The summed E-state index contributed by atoms with van der Waals surface area (Å²) >= 11 is 3.19. The molecule has 3 heterocycles. The lowest BCUT2D eigenvalue weighted by Gasteiger charge is -2.24. The van der Waals surface area contributed by atoms with Crippen LogP contribution >= 0.6 is 23.1 Å². The van der Waals surface area contributed by atoms with Crippen molar-refractivity contribution >= 4 is 33.3 Å². The molecule has 0 spiro atoms. The van der Waals surface area contributed by atoms with Crippen LogP contribution in [0.2, 0.25) is 0 Å². The van der Waals surface area contributed by atoms with Gasteiger partial charge in [0.25, 0.3) is 5.56 Å². The number of rotatable bonds is 1. The van der Waals surface area contributed by atoms with Crippen molar-refractivity contribution in [2.24, 2.45) is 0 Å². The van der Waals surface area contributed by atoms with Crippen molar-refractivity contribution in [2.75, 3.05) is 0 Å². The molecule has 0 radical (unpaired) electrons. The Morgan fingerprint density at radius 3 is 2.73 bits per heavy atom. The molecule has 0 aliphatic carbocycles. The van der Waals surface area contributed by atoms with E-state index in [0.29, 0.717) is 0 Å². The van der Waals surface area contributed by atoms with Gasteiger partial charge in [0.2, 0.25) is 0 Å². The number of benzene rings is 1. The number of hydrogen-bond donors (Lipinski definition) is 0. The predicted molar refractivity (Wildman–Crippen MR) is 92.9 cm³/mol. The molecule has 0 bridgehead atoms. The number of thiophene rings is 1. The molecule has 0 amide bonds. The van der Waals surface area contributed by atoms with Crippen LogP contribution in [0.15, 0.2) is 51.8 Å². The van der Waals surface area contributed by atoms with Crippen molar-refractivity contribution in [3.8, 4) is 0 Å². The molecule has 22 heavy (non-hydrogen) atoms. The molecule has 2 aromatic heterocycles. The number of thioether (sulfide) groups is 1. The van der Waals surface area contributed by atoms with Gasteiger partial charge in [-0.3, -0.25) is 4.79 Å². The Kier molecular flexibility index (Phi) is 3.20. The summed E-state index contributed by atoms with van der Waals surface area (Å²) in [6, 6.07) is 10.4. The monoisotopic (exact) mass is 326 g/mol. The van der Waals surface area contributed by atoms with E-state index in [9.17, 15) is 4.79 Å². The molecule has 0 saturated carbocycles. The van der Waals surface area contributed by atoms with Crippen LogP contribution in [0, 0.1) is 13.8 Å². The minimum atomic E-state index is -0.113. The quantitative estimate of drug-likeness (QED) is 0.626. The number of aryl methyl sites for hydroxylation is 2. The highest BCUT2D eigenvalue weighted by Gasteiger charge is 2.24. The number of allylic oxidation sites excluding steroid dienone is 1. The molecule has 1 atom stereocenters. The van der Waals surface area contributed by atoms with Crippen LogP contribution in [0.1, 0.15) is 22.0 Å². The fraction of sp³-hybridized carbons (Fsp3) is 0.176. The molecule has 1 aliphatic heterocycles. The third kappa shape index (κ3) is 1.96. The molecule has 0 saturated heterocycles. The average molecular weight is 326 g/mol. The normalized spacial score (nSPS) is 16.9. The van der Waals surface area contributed by atoms with Gasteiger partial charge in [0, 0.05) is 4.88 Å². The number of hydrogen-bond acceptors (Lipinski definition) is 4. The van der Waals surface area contributed by atoms with Gasteiger partial charge in [0.1, 0.15) is 4.83 Å². The Morgan fingerprint density at radius 1 is 1.18 bits per heavy atom. The van der Waals surface area contributed by atoms with E-state index in [-0.39, 0.29) is 11.6 Å². The maximum Gasteiger partial charge on any atom is 0.282 e. The summed E-state index contributed by atoms with van der Waals surface area (Å²) in [5.41, 5.74) is 2.15. The smallest absolute Gasteiger partial charge is 0.282 e. The van der Waals surface area contributed by atoms with Gasteiger partial charge in [-0.25, -0.2) is 0 Å². The fourth-order valence-corrected chi connectivity index (χ4v) is 4.86. The first kappa shape index (κ1) is 13.8. The molecule has 110 valence electrons. The molecule has 1 aromatic carbocycles. The molecule has 3 nitrogen and oxygen atoms in total. The van der Waals surface area contributed by atoms with E-state index in [4.69, 9.17) is 0 Å². The molecule has 5 heteroatoms. The second-order valence-corrected chi connectivity index (χ2v) is 7.41. The zero-order chi connectivity index (χ0) is 15.3. The maximum atomic E-state index is 12.4. The van der Waals surface area contributed by atoms with Crippen LogP contribution < -0.4 is 5.56 Å². The van der Waals surface area contributed by atoms with E-state index in [1.165, 1.54) is 22.2 Å². The van der Waals surface area contributed by atoms with E-state index in [1.54, 1.807) is 11.3 Å². The highest BCUT2D eigenvalue weighted by Crippen LogP contribution is 2.38. The summed E-state index contributed by atoms with van der Waals surface area (Å²) < 4.78 is 2.20. The van der Waals surface area contributed by atoms with Gasteiger partial charge in [0.05, 0.1) is 11.4 Å². The molecule has 0 fully saturated rings. The second kappa shape index (κ2) is 5.11. The maximum absolute atomic E-state index is 12.4. The van der Waals surface area contributed by atoms with Crippen molar-refractivity contribution in [2.45, 2.75) is 25.0 Å². The van der Waals surface area contributed by atoms with Crippen molar-refractivity contribution in [3.63, 3.8) is 0 Å². The van der Waals surface area contributed by atoms with Gasteiger partial charge in [-0.2, -0.15) is 4.98 Å². The lowest BCUT2D eigenvalue weighted by molar-refractivity contribution is 0.627. The highest BCUT2D eigenvalue weighted by molar-refractivity contribution is 8.02. The minimum Gasteiger partial charge on any atom is -0.300 e. The van der Waals surface area contributed by atoms with E-state index in [1.807, 2.05) is 30.5 Å². The molecule has 1 aliphatic rings.